The maximum atomic E-state index is 13.7. The van der Waals surface area contributed by atoms with Crippen molar-refractivity contribution in [2.75, 3.05) is 21.2 Å². The van der Waals surface area contributed by atoms with Crippen molar-refractivity contribution in [1.29, 1.82) is 0 Å². The van der Waals surface area contributed by atoms with Crippen LogP contribution in [-0.4, -0.2) is 75.6 Å². The molecule has 4 rings (SSSR count). The first-order valence-corrected chi connectivity index (χ1v) is 10.4. The summed E-state index contributed by atoms with van der Waals surface area (Å²) in [7, 11) is 4.62. The van der Waals surface area contributed by atoms with Gasteiger partial charge in [0.2, 0.25) is 5.78 Å². The molecule has 4 atom stereocenters. The number of fused-ring (bicyclic) bond motifs is 3. The van der Waals surface area contributed by atoms with Crippen molar-refractivity contribution in [2.45, 2.75) is 31.1 Å². The van der Waals surface area contributed by atoms with E-state index in [2.05, 4.69) is 0 Å². The third-order valence-electron chi connectivity index (χ3n) is 7.00. The van der Waals surface area contributed by atoms with E-state index in [1.807, 2.05) is 0 Å². The Kier molecular flexibility index (Phi) is 5.35. The summed E-state index contributed by atoms with van der Waals surface area (Å²) in [6.45, 7) is 0.212. The van der Waals surface area contributed by atoms with Crippen molar-refractivity contribution < 1.29 is 39.5 Å². The molecule has 3 aliphatic rings. The van der Waals surface area contributed by atoms with E-state index in [1.165, 1.54) is 18.1 Å². The molecule has 176 valence electrons. The minimum absolute atomic E-state index is 0.0494. The molecule has 0 aromatic heterocycles. The standard InChI is InChI=1S/C23H26N2O8/c1-25(2)17-12-7-10-6-11-9(8-33-3)4-5-13(26)15(11)18(27)14(10)20(29)23(12,32)21(30)16(19(17)28)22(24)31/h4-5,10,12,17,26-27,30,32H,6-8H2,1-3H3,(H2,24,31)/t10-,12-,17-,23+/m1/s1. The Balaban J connectivity index is 1.97. The number of carbonyl (C=O) groups is 3. The van der Waals surface area contributed by atoms with Crippen LogP contribution in [0.3, 0.4) is 0 Å². The van der Waals surface area contributed by atoms with Crippen molar-refractivity contribution in [3.8, 4) is 5.75 Å². The third-order valence-corrected chi connectivity index (χ3v) is 7.00. The zero-order chi connectivity index (χ0) is 24.4. The lowest BCUT2D eigenvalue weighted by molar-refractivity contribution is -0.153. The van der Waals surface area contributed by atoms with Gasteiger partial charge in [-0.15, -0.1) is 0 Å². The molecule has 1 aromatic carbocycles. The quantitative estimate of drug-likeness (QED) is 0.393. The number of aliphatic hydroxyl groups is 3. The van der Waals surface area contributed by atoms with Crippen LogP contribution in [0, 0.1) is 11.8 Å². The first kappa shape index (κ1) is 23.0. The largest absolute Gasteiger partial charge is 0.508 e. The van der Waals surface area contributed by atoms with Gasteiger partial charge in [-0.3, -0.25) is 19.3 Å². The van der Waals surface area contributed by atoms with E-state index in [4.69, 9.17) is 10.5 Å². The summed E-state index contributed by atoms with van der Waals surface area (Å²) in [5, 5.41) is 43.8. The summed E-state index contributed by atoms with van der Waals surface area (Å²) in [6, 6.07) is 1.93. The minimum atomic E-state index is -2.63. The summed E-state index contributed by atoms with van der Waals surface area (Å²) in [5.41, 5.74) is 3.03. The summed E-state index contributed by atoms with van der Waals surface area (Å²) >= 11 is 0. The van der Waals surface area contributed by atoms with Gasteiger partial charge in [0.05, 0.1) is 18.2 Å². The van der Waals surface area contributed by atoms with Crippen LogP contribution in [0.15, 0.2) is 29.0 Å². The van der Waals surface area contributed by atoms with Gasteiger partial charge in [0, 0.05) is 18.6 Å². The molecule has 6 N–H and O–H groups in total. The number of carbonyl (C=O) groups excluding carboxylic acids is 3. The van der Waals surface area contributed by atoms with Crippen LogP contribution in [0.5, 0.6) is 5.75 Å². The number of hydrogen-bond donors (Lipinski definition) is 5. The molecule has 0 saturated heterocycles. The molecular weight excluding hydrogens is 432 g/mol. The fraction of sp³-hybridized carbons (Fsp3) is 0.435. The van der Waals surface area contributed by atoms with Crippen LogP contribution in [0.2, 0.25) is 0 Å². The number of nitrogens with zero attached hydrogens (tertiary/aromatic N) is 1. The number of ketones is 2. The number of rotatable bonds is 4. The van der Waals surface area contributed by atoms with E-state index in [-0.39, 0.29) is 36.3 Å². The molecule has 1 fully saturated rings. The highest BCUT2D eigenvalue weighted by Gasteiger charge is 2.64. The molecule has 1 aromatic rings. The molecular formula is C23H26N2O8. The Labute approximate surface area is 189 Å². The van der Waals surface area contributed by atoms with E-state index >= 15 is 0 Å². The Morgan fingerprint density at radius 2 is 1.91 bits per heavy atom. The van der Waals surface area contributed by atoms with Crippen molar-refractivity contribution in [1.82, 2.24) is 4.90 Å². The molecule has 0 unspecified atom stereocenters. The lowest BCUT2D eigenvalue weighted by atomic mass is 9.57. The SMILES string of the molecule is COCc1ccc(O)c2c1C[C@@H]1C[C@@H]3[C@@H](N(C)C)C(=O)C(C(N)=O)=C(O)[C@@]3(O)C(=O)C1=C2O. The Bertz CT molecular complexity index is 1150. The van der Waals surface area contributed by atoms with E-state index in [0.29, 0.717) is 11.1 Å². The smallest absolute Gasteiger partial charge is 0.255 e. The number of amides is 1. The molecule has 3 aliphatic carbocycles. The van der Waals surface area contributed by atoms with Gasteiger partial charge in [-0.2, -0.15) is 0 Å². The molecule has 10 nitrogen and oxygen atoms in total. The predicted molar refractivity (Wildman–Crippen MR) is 115 cm³/mol. The second-order valence-electron chi connectivity index (χ2n) is 8.99. The number of likely N-dealkylation sites (N-methyl/N-ethyl adjacent to an activating group) is 1. The molecule has 1 amide bonds. The molecule has 0 heterocycles. The monoisotopic (exact) mass is 458 g/mol. The molecule has 0 spiro atoms. The molecule has 1 saturated carbocycles. The second kappa shape index (κ2) is 7.68. The average molecular weight is 458 g/mol. The number of aromatic hydroxyl groups is 1. The van der Waals surface area contributed by atoms with E-state index in [0.717, 1.165) is 0 Å². The molecule has 0 aliphatic heterocycles. The second-order valence-corrected chi connectivity index (χ2v) is 8.99. The van der Waals surface area contributed by atoms with Gasteiger partial charge in [-0.05, 0) is 50.0 Å². The Morgan fingerprint density at radius 3 is 2.48 bits per heavy atom. The van der Waals surface area contributed by atoms with Crippen molar-refractivity contribution >= 4 is 23.2 Å². The number of ether oxygens (including phenoxy) is 1. The number of benzene rings is 1. The van der Waals surface area contributed by atoms with Crippen LogP contribution < -0.4 is 5.73 Å². The zero-order valence-electron chi connectivity index (χ0n) is 18.5. The summed E-state index contributed by atoms with van der Waals surface area (Å²) < 4.78 is 5.22. The van der Waals surface area contributed by atoms with Crippen LogP contribution in [-0.2, 0) is 32.1 Å². The number of nitrogens with two attached hydrogens (primary N) is 1. The van der Waals surface area contributed by atoms with Gasteiger partial charge in [0.15, 0.2) is 11.4 Å². The van der Waals surface area contributed by atoms with Crippen molar-refractivity contribution in [3.63, 3.8) is 0 Å². The number of phenols is 1. The van der Waals surface area contributed by atoms with Crippen molar-refractivity contribution in [2.24, 2.45) is 17.6 Å². The highest BCUT2D eigenvalue weighted by molar-refractivity contribution is 6.24. The minimum Gasteiger partial charge on any atom is -0.508 e. The predicted octanol–water partition coefficient (Wildman–Crippen LogP) is 0.110. The van der Waals surface area contributed by atoms with Gasteiger partial charge in [0.25, 0.3) is 5.91 Å². The zero-order valence-corrected chi connectivity index (χ0v) is 18.5. The normalized spacial score (nSPS) is 29.2. The van der Waals surface area contributed by atoms with Crippen LogP contribution in [0.4, 0.5) is 0 Å². The summed E-state index contributed by atoms with van der Waals surface area (Å²) in [5.74, 6) is -6.64. The number of hydrogen-bond acceptors (Lipinski definition) is 9. The molecule has 33 heavy (non-hydrogen) atoms. The Morgan fingerprint density at radius 1 is 1.24 bits per heavy atom. The first-order valence-electron chi connectivity index (χ1n) is 10.4. The van der Waals surface area contributed by atoms with E-state index < -0.39 is 58.0 Å². The fourth-order valence-electron chi connectivity index (χ4n) is 5.60. The van der Waals surface area contributed by atoms with Gasteiger partial charge in [0.1, 0.15) is 22.8 Å². The van der Waals surface area contributed by atoms with E-state index in [1.54, 1.807) is 20.2 Å². The molecule has 0 bridgehead atoms. The van der Waals surface area contributed by atoms with Gasteiger partial charge < -0.3 is 30.9 Å². The summed E-state index contributed by atoms with van der Waals surface area (Å²) in [6.07, 6.45) is 0.287. The van der Waals surface area contributed by atoms with Crippen LogP contribution >= 0.6 is 0 Å². The van der Waals surface area contributed by atoms with E-state index in [9.17, 15) is 34.8 Å². The number of phenolic OH excluding ortho intramolecular Hbond substituents is 1. The first-order chi connectivity index (χ1) is 15.5. The lowest BCUT2D eigenvalue weighted by Gasteiger charge is -2.50. The molecule has 10 heteroatoms. The topological polar surface area (TPSA) is 171 Å². The third kappa shape index (κ3) is 3.01. The summed E-state index contributed by atoms with van der Waals surface area (Å²) in [4.78, 5) is 40.1. The number of Topliss-reactive ketones (excluding diaryl/α,β-unsaturated/α-hetero) is 2. The van der Waals surface area contributed by atoms with Crippen molar-refractivity contribution in [3.05, 3.63) is 45.7 Å². The van der Waals surface area contributed by atoms with Crippen LogP contribution in [0.25, 0.3) is 5.76 Å². The van der Waals surface area contributed by atoms with Gasteiger partial charge in [-0.25, -0.2) is 0 Å². The highest BCUT2D eigenvalue weighted by Crippen LogP contribution is 2.52. The molecule has 0 radical (unpaired) electrons. The highest BCUT2D eigenvalue weighted by atomic mass is 16.5. The van der Waals surface area contributed by atoms with Gasteiger partial charge >= 0.3 is 0 Å². The number of methoxy groups -OCH3 is 1. The lowest BCUT2D eigenvalue weighted by Crippen LogP contribution is -2.65. The van der Waals surface area contributed by atoms with Gasteiger partial charge in [-0.1, -0.05) is 6.07 Å². The number of primary amides is 1. The fourth-order valence-corrected chi connectivity index (χ4v) is 5.60. The maximum absolute atomic E-state index is 13.7. The average Bonchev–Trinajstić information content (AvgIpc) is 2.72. The van der Waals surface area contributed by atoms with Crippen LogP contribution in [0.1, 0.15) is 23.1 Å². The number of aliphatic hydroxyl groups excluding tert-OH is 2. The Hall–Kier alpha value is -3.21. The maximum Gasteiger partial charge on any atom is 0.255 e.